The molecule has 82 valence electrons. The van der Waals surface area contributed by atoms with Crippen LogP contribution in [0.2, 0.25) is 0 Å². The van der Waals surface area contributed by atoms with Crippen LogP contribution in [0.15, 0.2) is 9.89 Å². The van der Waals surface area contributed by atoms with E-state index in [-0.39, 0.29) is 0 Å². The Labute approximate surface area is 75.4 Å². The van der Waals surface area contributed by atoms with Crippen LogP contribution in [-0.4, -0.2) is 6.18 Å². The first kappa shape index (κ1) is 13.0. The largest absolute Gasteiger partial charge is 0.411 e. The molecule has 0 spiro atoms. The summed E-state index contributed by atoms with van der Waals surface area (Å²) in [6.45, 7) is 0. The lowest BCUT2D eigenvalue weighted by Gasteiger charge is -2.39. The van der Waals surface area contributed by atoms with E-state index in [2.05, 4.69) is 0 Å². The lowest BCUT2D eigenvalue weighted by atomic mass is 10.6. The number of allylic oxidation sites excluding steroid dienone is 1. The maximum Gasteiger partial charge on any atom is 0.411 e. The molecule has 0 aliphatic heterocycles. The highest BCUT2D eigenvalue weighted by atomic mass is 79.9. The van der Waals surface area contributed by atoms with E-state index in [1.54, 1.807) is 0 Å². The summed E-state index contributed by atoms with van der Waals surface area (Å²) < 4.78 is 88.3. The fraction of sp³-hybridized carbons (Fsp3) is 0.333. The number of hydrogen-bond donors (Lipinski definition) is 0. The van der Waals surface area contributed by atoms with Crippen molar-refractivity contribution in [1.82, 2.24) is 0 Å². The molecule has 0 saturated carbocycles. The van der Waals surface area contributed by atoms with Crippen molar-refractivity contribution in [1.29, 1.82) is 0 Å². The maximum atomic E-state index is 11.5. The van der Waals surface area contributed by atoms with Crippen molar-refractivity contribution in [3.63, 3.8) is 0 Å². The van der Waals surface area contributed by atoms with Crippen molar-refractivity contribution >= 4 is 26.2 Å². The fourth-order valence-corrected chi connectivity index (χ4v) is 0.856. The van der Waals surface area contributed by atoms with Gasteiger partial charge in [-0.1, -0.05) is 19.4 Å². The Hall–Kier alpha value is 0.01000. The van der Waals surface area contributed by atoms with Crippen LogP contribution in [0.5, 0.6) is 0 Å². The molecule has 0 aromatic heterocycles. The predicted octanol–water partition coefficient (Wildman–Crippen LogP) is 5.08. The molecule has 0 bridgehead atoms. The van der Waals surface area contributed by atoms with Crippen LogP contribution >= 0.6 is 26.2 Å². The van der Waals surface area contributed by atoms with Gasteiger partial charge < -0.3 is 0 Å². The molecule has 0 nitrogen and oxygen atoms in total. The Morgan fingerprint density at radius 1 is 1.00 bits per heavy atom. The van der Waals surface area contributed by atoms with Gasteiger partial charge in [0.1, 0.15) is 0 Å². The van der Waals surface area contributed by atoms with Crippen LogP contribution in [-0.2, 0) is 0 Å². The van der Waals surface area contributed by atoms with E-state index in [9.17, 15) is 32.6 Å². The van der Waals surface area contributed by atoms with E-state index in [1.165, 1.54) is 0 Å². The molecule has 0 aliphatic carbocycles. The van der Waals surface area contributed by atoms with Crippen molar-refractivity contribution in [2.45, 2.75) is 6.18 Å². The van der Waals surface area contributed by atoms with Crippen molar-refractivity contribution in [2.24, 2.45) is 0 Å². The standard InChI is InChI=1S/C3HBrF8S/c4-2(1-3(5,6)7)13(8,9,10,11)12/h1H/b2-1+. The van der Waals surface area contributed by atoms with Gasteiger partial charge >= 0.3 is 16.4 Å². The fourth-order valence-electron chi connectivity index (χ4n) is 0.240. The van der Waals surface area contributed by atoms with Gasteiger partial charge in [0, 0.05) is 6.08 Å². The summed E-state index contributed by atoms with van der Waals surface area (Å²) in [5, 5.41) is 0. The van der Waals surface area contributed by atoms with Crippen LogP contribution in [0.3, 0.4) is 0 Å². The second-order valence-electron chi connectivity index (χ2n) is 1.96. The molecule has 0 radical (unpaired) electrons. The third-order valence-electron chi connectivity index (χ3n) is 0.646. The van der Waals surface area contributed by atoms with E-state index in [0.717, 1.165) is 15.9 Å². The zero-order valence-corrected chi connectivity index (χ0v) is 7.79. The van der Waals surface area contributed by atoms with E-state index in [0.29, 0.717) is 0 Å². The molecule has 13 heavy (non-hydrogen) atoms. The highest BCUT2D eigenvalue weighted by Gasteiger charge is 2.67. The van der Waals surface area contributed by atoms with Crippen LogP contribution in [0.4, 0.5) is 32.6 Å². The SMILES string of the molecule is FC(F)(F)/C=C(\Br)S(F)(F)(F)(F)F. The highest BCUT2D eigenvalue weighted by Crippen LogP contribution is 3.03. The lowest BCUT2D eigenvalue weighted by Crippen LogP contribution is -2.10. The van der Waals surface area contributed by atoms with Crippen molar-refractivity contribution in [3.8, 4) is 0 Å². The van der Waals surface area contributed by atoms with Crippen LogP contribution in [0.25, 0.3) is 0 Å². The van der Waals surface area contributed by atoms with E-state index >= 15 is 0 Å². The molecule has 0 fully saturated rings. The lowest BCUT2D eigenvalue weighted by molar-refractivity contribution is -0.0800. The zero-order valence-electron chi connectivity index (χ0n) is 5.39. The molecule has 0 aliphatic rings. The molecule has 0 amide bonds. The van der Waals surface area contributed by atoms with Crippen LogP contribution in [0, 0.1) is 0 Å². The Morgan fingerprint density at radius 2 is 1.31 bits per heavy atom. The third kappa shape index (κ3) is 5.34. The Balaban J connectivity index is 5.29. The van der Waals surface area contributed by atoms with Crippen LogP contribution < -0.4 is 0 Å². The maximum absolute atomic E-state index is 11.5. The molecular weight excluding hydrogens is 300 g/mol. The number of rotatable bonds is 1. The molecule has 0 heterocycles. The first-order valence-electron chi connectivity index (χ1n) is 2.31. The molecule has 0 saturated heterocycles. The molecule has 0 unspecified atom stereocenters. The number of alkyl halides is 3. The van der Waals surface area contributed by atoms with E-state index < -0.39 is 26.3 Å². The number of hydrogen-bond acceptors (Lipinski definition) is 0. The quantitative estimate of drug-likeness (QED) is 0.592. The molecule has 0 atom stereocenters. The van der Waals surface area contributed by atoms with Gasteiger partial charge in [-0.3, -0.25) is 0 Å². The summed E-state index contributed by atoms with van der Waals surface area (Å²) >= 11 is 1.16. The molecule has 0 N–H and O–H groups in total. The van der Waals surface area contributed by atoms with Crippen molar-refractivity contribution in [3.05, 3.63) is 9.89 Å². The minimum atomic E-state index is -10.2. The monoisotopic (exact) mass is 300 g/mol. The van der Waals surface area contributed by atoms with Gasteiger partial charge in [-0.25, -0.2) is 0 Å². The first-order valence-corrected chi connectivity index (χ1v) is 5.05. The third-order valence-corrected chi connectivity index (χ3v) is 3.56. The average molecular weight is 301 g/mol. The molecule has 0 rings (SSSR count). The summed E-state index contributed by atoms with van der Waals surface area (Å²) in [5.74, 6) is 0. The van der Waals surface area contributed by atoms with E-state index in [4.69, 9.17) is 0 Å². The highest BCUT2D eigenvalue weighted by molar-refractivity contribution is 9.15. The average Bonchev–Trinajstić information content (AvgIpc) is 1.51. The van der Waals surface area contributed by atoms with Crippen molar-refractivity contribution in [2.75, 3.05) is 0 Å². The van der Waals surface area contributed by atoms with Gasteiger partial charge in [-0.2, -0.15) is 13.2 Å². The summed E-state index contributed by atoms with van der Waals surface area (Å²) in [4.78, 5) is 0. The molecule has 0 aromatic rings. The molecular formula is C3HBrF8S. The Morgan fingerprint density at radius 3 is 1.38 bits per heavy atom. The second kappa shape index (κ2) is 2.33. The number of halogens is 9. The normalized spacial score (nSPS) is 20.8. The Kier molecular flexibility index (Phi) is 2.33. The topological polar surface area (TPSA) is 0 Å². The summed E-state index contributed by atoms with van der Waals surface area (Å²) in [6.07, 6.45) is -6.98. The first-order chi connectivity index (χ1) is 5.12. The second-order valence-corrected chi connectivity index (χ2v) is 5.72. The molecule has 10 heteroatoms. The minimum absolute atomic E-state index is 1.16. The van der Waals surface area contributed by atoms with Gasteiger partial charge in [-0.05, 0) is 15.9 Å². The Bertz CT molecular complexity index is 241. The van der Waals surface area contributed by atoms with E-state index in [1.807, 2.05) is 0 Å². The summed E-state index contributed by atoms with van der Waals surface area (Å²) in [7, 11) is -10.2. The predicted molar refractivity (Wildman–Crippen MR) is 36.2 cm³/mol. The van der Waals surface area contributed by atoms with Gasteiger partial charge in [-0.15, -0.1) is 0 Å². The van der Waals surface area contributed by atoms with Crippen molar-refractivity contribution < 1.29 is 32.6 Å². The zero-order chi connectivity index (χ0) is 11.2. The molecule has 0 aromatic carbocycles. The van der Waals surface area contributed by atoms with Gasteiger partial charge in [0.05, 0.1) is 0 Å². The summed E-state index contributed by atoms with van der Waals surface area (Å²) in [5.41, 5.74) is 0. The summed E-state index contributed by atoms with van der Waals surface area (Å²) in [6, 6.07) is 0. The van der Waals surface area contributed by atoms with Gasteiger partial charge in [0.2, 0.25) is 0 Å². The van der Waals surface area contributed by atoms with Crippen LogP contribution in [0.1, 0.15) is 0 Å². The minimum Gasteiger partial charge on any atom is -0.167 e. The smallest absolute Gasteiger partial charge is 0.167 e. The van der Waals surface area contributed by atoms with Gasteiger partial charge in [0.25, 0.3) is 0 Å². The van der Waals surface area contributed by atoms with Gasteiger partial charge in [0.15, 0.2) is 3.81 Å².